The van der Waals surface area contributed by atoms with Crippen molar-refractivity contribution < 1.29 is 9.47 Å². The van der Waals surface area contributed by atoms with Gasteiger partial charge in [-0.2, -0.15) is 15.3 Å². The largest absolute Gasteiger partial charge is 0.486 e. The minimum atomic E-state index is 0.527. The summed E-state index contributed by atoms with van der Waals surface area (Å²) in [4.78, 5) is 0. The number of benzene rings is 3. The van der Waals surface area contributed by atoms with Gasteiger partial charge in [0, 0.05) is 28.1 Å². The predicted molar refractivity (Wildman–Crippen MR) is 131 cm³/mol. The van der Waals surface area contributed by atoms with E-state index >= 15 is 0 Å². The van der Waals surface area contributed by atoms with Crippen LogP contribution in [0.3, 0.4) is 0 Å². The monoisotopic (exact) mass is 448 g/mol. The van der Waals surface area contributed by atoms with Crippen LogP contribution in [0.15, 0.2) is 90.3 Å². The lowest BCUT2D eigenvalue weighted by atomic mass is 10.1. The van der Waals surface area contributed by atoms with Crippen molar-refractivity contribution in [3.8, 4) is 28.4 Å². The van der Waals surface area contributed by atoms with Crippen molar-refractivity contribution in [2.45, 2.75) is 0 Å². The quantitative estimate of drug-likeness (QED) is 0.310. The molecule has 0 radical (unpaired) electrons. The smallest absolute Gasteiger partial charge is 0.176 e. The highest BCUT2D eigenvalue weighted by Crippen LogP contribution is 2.35. The molecule has 3 heterocycles. The number of ether oxygens (including phenoxy) is 2. The zero-order chi connectivity index (χ0) is 22.7. The van der Waals surface area contributed by atoms with E-state index in [0.717, 1.165) is 39.0 Å². The summed E-state index contributed by atoms with van der Waals surface area (Å²) in [5.74, 6) is 2.04. The van der Waals surface area contributed by atoms with Crippen LogP contribution in [0.4, 0.5) is 5.82 Å². The zero-order valence-corrected chi connectivity index (χ0v) is 18.1. The minimum absolute atomic E-state index is 0.527. The summed E-state index contributed by atoms with van der Waals surface area (Å²) < 4.78 is 13.3. The van der Waals surface area contributed by atoms with Gasteiger partial charge in [-0.3, -0.25) is 5.43 Å². The summed E-state index contributed by atoms with van der Waals surface area (Å²) in [6.07, 6.45) is 5.41. The van der Waals surface area contributed by atoms with Crippen LogP contribution in [0.5, 0.6) is 11.5 Å². The fourth-order valence-electron chi connectivity index (χ4n) is 3.88. The first-order valence-electron chi connectivity index (χ1n) is 10.9. The minimum Gasteiger partial charge on any atom is -0.486 e. The van der Waals surface area contributed by atoms with E-state index in [0.29, 0.717) is 24.8 Å². The molecule has 0 aliphatic carbocycles. The number of anilines is 1. The Hall–Kier alpha value is -4.72. The molecule has 166 valence electrons. The Kier molecular flexibility index (Phi) is 5.08. The van der Waals surface area contributed by atoms with Crippen molar-refractivity contribution in [1.82, 2.24) is 20.0 Å². The molecule has 1 aliphatic rings. The fourth-order valence-corrected chi connectivity index (χ4v) is 3.88. The zero-order valence-electron chi connectivity index (χ0n) is 18.1. The van der Waals surface area contributed by atoms with E-state index < -0.39 is 0 Å². The summed E-state index contributed by atoms with van der Waals surface area (Å²) in [6.45, 7) is 1.08. The number of rotatable bonds is 5. The van der Waals surface area contributed by atoms with Gasteiger partial charge in [-0.15, -0.1) is 5.10 Å². The molecule has 0 atom stereocenters. The molecule has 0 unspecified atom stereocenters. The lowest BCUT2D eigenvalue weighted by Crippen LogP contribution is -2.15. The molecule has 8 nitrogen and oxygen atoms in total. The number of hydrogen-bond donors (Lipinski definition) is 1. The molecular formula is C26H20N6O2. The van der Waals surface area contributed by atoms with Crippen LogP contribution in [0.25, 0.3) is 27.7 Å². The SMILES string of the molecule is C(=NNc1nncc2ccccc12)c1cn(-c2ccccc2)nc1-c1ccc2c(c1)OCCO2. The molecular weight excluding hydrogens is 428 g/mol. The summed E-state index contributed by atoms with van der Waals surface area (Å²) >= 11 is 0. The predicted octanol–water partition coefficient (Wildman–Crippen LogP) is 4.70. The molecule has 6 rings (SSSR count). The van der Waals surface area contributed by atoms with Gasteiger partial charge < -0.3 is 9.47 Å². The number of nitrogens with zero attached hydrogens (tertiary/aromatic N) is 5. The molecule has 34 heavy (non-hydrogen) atoms. The normalized spacial score (nSPS) is 12.8. The van der Waals surface area contributed by atoms with Gasteiger partial charge in [0.05, 0.1) is 18.1 Å². The second-order valence-corrected chi connectivity index (χ2v) is 7.72. The van der Waals surface area contributed by atoms with Gasteiger partial charge >= 0.3 is 0 Å². The van der Waals surface area contributed by atoms with Crippen LogP contribution >= 0.6 is 0 Å². The maximum atomic E-state index is 5.78. The molecule has 0 saturated carbocycles. The standard InChI is InChI=1S/C26H20N6O2/c1-2-7-21(8-3-1)32-17-20(16-28-30-26-22-9-5-4-6-19(22)15-27-29-26)25(31-32)18-10-11-23-24(14-18)34-13-12-33-23/h1-11,14-17H,12-13H2,(H,29,30). The van der Waals surface area contributed by atoms with Gasteiger partial charge in [0.25, 0.3) is 0 Å². The first-order valence-corrected chi connectivity index (χ1v) is 10.9. The second kappa shape index (κ2) is 8.67. The fraction of sp³-hybridized carbons (Fsp3) is 0.0769. The van der Waals surface area contributed by atoms with E-state index in [-0.39, 0.29) is 0 Å². The maximum Gasteiger partial charge on any atom is 0.176 e. The van der Waals surface area contributed by atoms with Crippen LogP contribution in [-0.4, -0.2) is 39.4 Å². The van der Waals surface area contributed by atoms with E-state index in [1.54, 1.807) is 12.4 Å². The van der Waals surface area contributed by atoms with Gasteiger partial charge in [-0.25, -0.2) is 4.68 Å². The van der Waals surface area contributed by atoms with E-state index in [4.69, 9.17) is 14.6 Å². The van der Waals surface area contributed by atoms with Crippen molar-refractivity contribution in [3.05, 3.63) is 90.8 Å². The lowest BCUT2D eigenvalue weighted by molar-refractivity contribution is 0.171. The Morgan fingerprint density at radius 3 is 2.65 bits per heavy atom. The van der Waals surface area contributed by atoms with E-state index in [9.17, 15) is 0 Å². The number of fused-ring (bicyclic) bond motifs is 2. The van der Waals surface area contributed by atoms with Crippen LogP contribution < -0.4 is 14.9 Å². The van der Waals surface area contributed by atoms with Gasteiger partial charge in [-0.05, 0) is 30.3 Å². The van der Waals surface area contributed by atoms with Crippen molar-refractivity contribution in [2.24, 2.45) is 5.10 Å². The average Bonchev–Trinajstić information content (AvgIpc) is 3.33. The van der Waals surface area contributed by atoms with Gasteiger partial charge in [0.15, 0.2) is 17.3 Å². The van der Waals surface area contributed by atoms with Crippen molar-refractivity contribution >= 4 is 22.8 Å². The van der Waals surface area contributed by atoms with Crippen molar-refractivity contribution in [2.75, 3.05) is 18.6 Å². The third-order valence-corrected chi connectivity index (χ3v) is 5.52. The lowest BCUT2D eigenvalue weighted by Gasteiger charge is -2.18. The van der Waals surface area contributed by atoms with Gasteiger partial charge in [0.2, 0.25) is 0 Å². The van der Waals surface area contributed by atoms with E-state index in [2.05, 4.69) is 20.7 Å². The first-order chi connectivity index (χ1) is 16.8. The van der Waals surface area contributed by atoms with Crippen molar-refractivity contribution in [3.63, 3.8) is 0 Å². The Balaban J connectivity index is 1.38. The summed E-state index contributed by atoms with van der Waals surface area (Å²) in [5, 5.41) is 19.5. The Bertz CT molecular complexity index is 1490. The number of hydrogen-bond acceptors (Lipinski definition) is 7. The average molecular weight is 448 g/mol. The third kappa shape index (κ3) is 3.81. The highest BCUT2D eigenvalue weighted by atomic mass is 16.6. The molecule has 0 amide bonds. The molecule has 8 heteroatoms. The second-order valence-electron chi connectivity index (χ2n) is 7.72. The molecule has 1 N–H and O–H groups in total. The molecule has 0 saturated heterocycles. The van der Waals surface area contributed by atoms with E-state index in [1.165, 1.54) is 0 Å². The summed E-state index contributed by atoms with van der Waals surface area (Å²) in [6, 6.07) is 23.7. The number of para-hydroxylation sites is 1. The summed E-state index contributed by atoms with van der Waals surface area (Å²) in [5.41, 5.74) is 6.50. The van der Waals surface area contributed by atoms with Gasteiger partial charge in [-0.1, -0.05) is 42.5 Å². The molecule has 0 fully saturated rings. The Morgan fingerprint density at radius 2 is 1.74 bits per heavy atom. The molecule has 5 aromatic rings. The topological polar surface area (TPSA) is 86.5 Å². The Labute approximate surface area is 195 Å². The van der Waals surface area contributed by atoms with Crippen LogP contribution in [0.2, 0.25) is 0 Å². The van der Waals surface area contributed by atoms with E-state index in [1.807, 2.05) is 83.7 Å². The summed E-state index contributed by atoms with van der Waals surface area (Å²) in [7, 11) is 0. The van der Waals surface area contributed by atoms with Crippen LogP contribution in [0.1, 0.15) is 5.56 Å². The highest BCUT2D eigenvalue weighted by molar-refractivity contribution is 5.92. The molecule has 0 bridgehead atoms. The Morgan fingerprint density at radius 1 is 0.912 bits per heavy atom. The number of nitrogens with one attached hydrogen (secondary N) is 1. The van der Waals surface area contributed by atoms with Crippen LogP contribution in [-0.2, 0) is 0 Å². The third-order valence-electron chi connectivity index (χ3n) is 5.52. The molecule has 1 aliphatic heterocycles. The van der Waals surface area contributed by atoms with Crippen LogP contribution in [0, 0.1) is 0 Å². The van der Waals surface area contributed by atoms with Crippen molar-refractivity contribution in [1.29, 1.82) is 0 Å². The first kappa shape index (κ1) is 19.9. The molecule has 3 aromatic carbocycles. The molecule has 0 spiro atoms. The highest BCUT2D eigenvalue weighted by Gasteiger charge is 2.16. The number of hydrazone groups is 1. The molecule has 2 aromatic heterocycles. The maximum absolute atomic E-state index is 5.78. The number of aromatic nitrogens is 4. The van der Waals surface area contributed by atoms with Gasteiger partial charge in [0.1, 0.15) is 18.9 Å².